The molecule has 0 saturated carbocycles. The number of aromatic nitrogens is 6. The second kappa shape index (κ2) is 28.0. The minimum absolute atomic E-state index is 0.692. The summed E-state index contributed by atoms with van der Waals surface area (Å²) in [6.45, 7) is 0. The number of hydrogen-bond acceptors (Lipinski definition) is 4. The van der Waals surface area contributed by atoms with Gasteiger partial charge in [-0.25, -0.2) is 19.9 Å². The fourth-order valence-corrected chi connectivity index (χ4v) is 15.7. The first-order valence-electron chi connectivity index (χ1n) is 37.4. The van der Waals surface area contributed by atoms with Crippen molar-refractivity contribution in [2.75, 3.05) is 0 Å². The molecule has 0 spiro atoms. The van der Waals surface area contributed by atoms with Crippen LogP contribution in [0.1, 0.15) is 0 Å². The van der Waals surface area contributed by atoms with Crippen LogP contribution in [-0.4, -0.2) is 29.1 Å². The Morgan fingerprint density at radius 1 is 0.136 bits per heavy atom. The fourth-order valence-electron chi connectivity index (χ4n) is 15.7. The molecule has 0 atom stereocenters. The lowest BCUT2D eigenvalue weighted by atomic mass is 9.95. The van der Waals surface area contributed by atoms with Gasteiger partial charge < -0.3 is 9.13 Å². The topological polar surface area (TPSA) is 61.4 Å². The van der Waals surface area contributed by atoms with E-state index < -0.39 is 0 Å². The molecule has 20 rings (SSSR count). The molecule has 0 saturated heterocycles. The molecule has 110 heavy (non-hydrogen) atoms. The fraction of sp³-hybridized carbons (Fsp3) is 0. The molecule has 6 heteroatoms. The third-order valence-corrected chi connectivity index (χ3v) is 21.4. The molecule has 0 aliphatic rings. The average Bonchev–Trinajstić information content (AvgIpc) is 1.59. The summed E-state index contributed by atoms with van der Waals surface area (Å²) in [4.78, 5) is 20.3. The van der Waals surface area contributed by atoms with Crippen LogP contribution in [0, 0.1) is 0 Å². The maximum atomic E-state index is 5.10. The third kappa shape index (κ3) is 12.4. The molecular weight excluding hydrogens is 1330 g/mol. The Morgan fingerprint density at radius 2 is 0.327 bits per heavy atom. The number of fused-ring (bicyclic) bond motifs is 6. The molecule has 0 radical (unpaired) electrons. The molecule has 0 aliphatic carbocycles. The van der Waals surface area contributed by atoms with Crippen LogP contribution in [0.3, 0.4) is 0 Å². The number of hydrogen-bond donors (Lipinski definition) is 0. The van der Waals surface area contributed by atoms with Crippen molar-refractivity contribution in [2.24, 2.45) is 0 Å². The van der Waals surface area contributed by atoms with Gasteiger partial charge in [-0.05, 0) is 175 Å². The van der Waals surface area contributed by atoms with E-state index in [9.17, 15) is 0 Å². The summed E-state index contributed by atoms with van der Waals surface area (Å²) in [7, 11) is 0. The van der Waals surface area contributed by atoms with E-state index in [-0.39, 0.29) is 0 Å². The zero-order chi connectivity index (χ0) is 72.9. The molecule has 0 bridgehead atoms. The summed E-state index contributed by atoms with van der Waals surface area (Å²) in [6, 6.07) is 148. The van der Waals surface area contributed by atoms with Crippen LogP contribution in [0.25, 0.3) is 201 Å². The molecule has 6 nitrogen and oxygen atoms in total. The molecule has 514 valence electrons. The predicted octanol–water partition coefficient (Wildman–Crippen LogP) is 27.1. The van der Waals surface area contributed by atoms with Crippen LogP contribution in [0.2, 0.25) is 0 Å². The molecule has 0 unspecified atom stereocenters. The normalized spacial score (nSPS) is 11.5. The monoisotopic (exact) mass is 1400 g/mol. The largest absolute Gasteiger partial charge is 0.309 e. The van der Waals surface area contributed by atoms with Gasteiger partial charge in [-0.15, -0.1) is 0 Å². The van der Waals surface area contributed by atoms with E-state index in [0.29, 0.717) is 11.6 Å². The molecule has 4 heterocycles. The van der Waals surface area contributed by atoms with E-state index in [1.54, 1.807) is 0 Å². The first-order valence-corrected chi connectivity index (χ1v) is 37.4. The van der Waals surface area contributed by atoms with Crippen molar-refractivity contribution in [1.29, 1.82) is 0 Å². The van der Waals surface area contributed by atoms with Crippen LogP contribution in [-0.2, 0) is 0 Å². The highest BCUT2D eigenvalue weighted by atomic mass is 15.0. The lowest BCUT2D eigenvalue weighted by Crippen LogP contribution is -1.96. The van der Waals surface area contributed by atoms with Gasteiger partial charge in [0.1, 0.15) is 0 Å². The number of benzene rings is 16. The lowest BCUT2D eigenvalue weighted by Gasteiger charge is -2.12. The van der Waals surface area contributed by atoms with Gasteiger partial charge in [-0.3, -0.25) is 0 Å². The van der Waals surface area contributed by atoms with Crippen molar-refractivity contribution in [3.05, 3.63) is 413 Å². The van der Waals surface area contributed by atoms with Crippen LogP contribution in [0.15, 0.2) is 413 Å². The molecule has 0 aliphatic heterocycles. The summed E-state index contributed by atoms with van der Waals surface area (Å²) in [5.74, 6) is 1.39. The second-order valence-electron chi connectivity index (χ2n) is 28.1. The molecule has 4 aromatic heterocycles. The highest BCUT2D eigenvalue weighted by Crippen LogP contribution is 2.43. The standard InChI is InChI=1S/C104H68N6/c1-7-21-69(22-8-1)85-49-57-99-91(63-85)93-65-87(51-59-101(93)109(99)89-53-45-73(46-54-89)71-37-41-78(42-38-71)98-68-97(77-29-15-5-16-30-77)105-103(108-98)79-31-17-6-18-32-79)83-35-19-33-81(61-83)82-34-20-36-84(62-82)88-52-60-102-94(66-88)92-64-86(70-23-9-2-10-24-70)50-58-100(92)110(102)90-55-47-74(48-56-90)72-39-43-80(44-40-72)104-106-95(75-25-11-3-12-26-75)67-96(107-104)76-27-13-4-14-28-76/h1-68H. The van der Waals surface area contributed by atoms with Crippen molar-refractivity contribution in [3.63, 3.8) is 0 Å². The van der Waals surface area contributed by atoms with Gasteiger partial charge in [0.25, 0.3) is 0 Å². The molecule has 16 aromatic carbocycles. The molecule has 0 fully saturated rings. The first-order chi connectivity index (χ1) is 54.5. The maximum absolute atomic E-state index is 5.10. The summed E-state index contributed by atoms with van der Waals surface area (Å²) < 4.78 is 4.84. The first kappa shape index (κ1) is 64.8. The molecule has 20 aromatic rings. The van der Waals surface area contributed by atoms with Gasteiger partial charge in [0, 0.05) is 66.3 Å². The SMILES string of the molecule is c1ccc(-c2ccc3c(c2)c2cc(-c4cccc(-c5cccc(-c6ccc7c(c6)c6cc(-c8ccccc8)ccc6n7-c6ccc(-c7ccc(-c8nc(-c9ccccc9)cc(-c9ccccc9)n8)cc7)cc6)c5)c4)ccc2n3-c2ccc(-c3ccc(-c4cc(-c5ccccc5)nc(-c5ccccc5)n4)cc3)cc2)cc1. The highest BCUT2D eigenvalue weighted by Gasteiger charge is 2.20. The Labute approximate surface area is 638 Å². The van der Waals surface area contributed by atoms with Crippen molar-refractivity contribution < 1.29 is 0 Å². The van der Waals surface area contributed by atoms with Gasteiger partial charge in [0.05, 0.1) is 44.8 Å². The Bertz CT molecular complexity index is 6270. The van der Waals surface area contributed by atoms with Crippen molar-refractivity contribution >= 4 is 43.6 Å². The van der Waals surface area contributed by atoms with Gasteiger partial charge in [0.2, 0.25) is 0 Å². The Kier molecular flexibility index (Phi) is 16.5. The summed E-state index contributed by atoms with van der Waals surface area (Å²) >= 11 is 0. The van der Waals surface area contributed by atoms with Crippen molar-refractivity contribution in [1.82, 2.24) is 29.1 Å². The highest BCUT2D eigenvalue weighted by molar-refractivity contribution is 6.13. The van der Waals surface area contributed by atoms with E-state index in [2.05, 4.69) is 385 Å². The van der Waals surface area contributed by atoms with Crippen LogP contribution < -0.4 is 0 Å². The van der Waals surface area contributed by atoms with Gasteiger partial charge >= 0.3 is 0 Å². The zero-order valence-corrected chi connectivity index (χ0v) is 59.9. The van der Waals surface area contributed by atoms with Gasteiger partial charge in [-0.1, -0.05) is 315 Å². The molecule has 0 N–H and O–H groups in total. The lowest BCUT2D eigenvalue weighted by molar-refractivity contribution is 1.18. The number of rotatable bonds is 15. The van der Waals surface area contributed by atoms with E-state index in [1.807, 2.05) is 36.4 Å². The van der Waals surface area contributed by atoms with Crippen LogP contribution in [0.5, 0.6) is 0 Å². The number of nitrogens with zero attached hydrogens (tertiary/aromatic N) is 6. The smallest absolute Gasteiger partial charge is 0.160 e. The van der Waals surface area contributed by atoms with Crippen LogP contribution >= 0.6 is 0 Å². The van der Waals surface area contributed by atoms with Crippen molar-refractivity contribution in [3.8, 4) is 157 Å². The van der Waals surface area contributed by atoms with E-state index in [1.165, 1.54) is 43.8 Å². The van der Waals surface area contributed by atoms with Gasteiger partial charge in [0.15, 0.2) is 11.6 Å². The summed E-state index contributed by atoms with van der Waals surface area (Å²) in [5.41, 5.74) is 32.6. The Balaban J connectivity index is 0.604. The van der Waals surface area contributed by atoms with Gasteiger partial charge in [-0.2, -0.15) is 0 Å². The molecule has 0 amide bonds. The Morgan fingerprint density at radius 3 is 0.627 bits per heavy atom. The minimum Gasteiger partial charge on any atom is -0.309 e. The quantitative estimate of drug-likeness (QED) is 0.103. The maximum Gasteiger partial charge on any atom is 0.160 e. The van der Waals surface area contributed by atoms with E-state index in [4.69, 9.17) is 19.9 Å². The predicted molar refractivity (Wildman–Crippen MR) is 457 cm³/mol. The Hall–Kier alpha value is -14.7. The summed E-state index contributed by atoms with van der Waals surface area (Å²) in [5, 5.41) is 4.79. The van der Waals surface area contributed by atoms with E-state index in [0.717, 1.165) is 145 Å². The third-order valence-electron chi connectivity index (χ3n) is 21.4. The van der Waals surface area contributed by atoms with Crippen LogP contribution in [0.4, 0.5) is 0 Å². The van der Waals surface area contributed by atoms with E-state index >= 15 is 0 Å². The molecular formula is C104H68N6. The minimum atomic E-state index is 0.692. The average molecular weight is 1400 g/mol. The van der Waals surface area contributed by atoms with Crippen molar-refractivity contribution in [2.45, 2.75) is 0 Å². The zero-order valence-electron chi connectivity index (χ0n) is 59.9. The second-order valence-corrected chi connectivity index (χ2v) is 28.1. The summed E-state index contributed by atoms with van der Waals surface area (Å²) in [6.07, 6.45) is 0.